The van der Waals surface area contributed by atoms with Crippen LogP contribution < -0.4 is 0 Å². The minimum Gasteiger partial charge on any atom is -0.481 e. The smallest absolute Gasteiger partial charge is 0.316 e. The van der Waals surface area contributed by atoms with Gasteiger partial charge >= 0.3 is 29.0 Å². The van der Waals surface area contributed by atoms with Gasteiger partial charge in [0.25, 0.3) is 0 Å². The monoisotopic (exact) mass is 280 g/mol. The van der Waals surface area contributed by atoms with Crippen LogP contribution in [0.3, 0.4) is 0 Å². The second kappa shape index (κ2) is 10.8. The SMILES string of the molecule is CC(C)Cc1ccc(C(C)C(=O)O)cc1.O.[AlH3].[MgH2]. The molecular formula is C13H25AlMgO3. The summed E-state index contributed by atoms with van der Waals surface area (Å²) in [6.45, 7) is 6.06. The fourth-order valence-corrected chi connectivity index (χ4v) is 1.56. The molecule has 0 saturated carbocycles. The Hall–Kier alpha value is -0.0513. The molecule has 1 atom stereocenters. The molecule has 3 nitrogen and oxygen atoms in total. The van der Waals surface area contributed by atoms with Crippen molar-refractivity contribution in [3.05, 3.63) is 35.4 Å². The van der Waals surface area contributed by atoms with Crippen LogP contribution in [0.1, 0.15) is 37.8 Å². The minimum atomic E-state index is -0.772. The average Bonchev–Trinajstić information content (AvgIpc) is 2.17. The fraction of sp³-hybridized carbons (Fsp3) is 0.462. The van der Waals surface area contributed by atoms with Crippen LogP contribution in [0.25, 0.3) is 0 Å². The van der Waals surface area contributed by atoms with Crippen LogP contribution in [0.5, 0.6) is 0 Å². The quantitative estimate of drug-likeness (QED) is 0.798. The number of carbonyl (C=O) groups is 1. The lowest BCUT2D eigenvalue weighted by Crippen LogP contribution is -2.07. The van der Waals surface area contributed by atoms with E-state index in [2.05, 4.69) is 13.8 Å². The molecule has 100 valence electrons. The predicted octanol–water partition coefficient (Wildman–Crippen LogP) is 0.148. The van der Waals surface area contributed by atoms with Gasteiger partial charge in [0.05, 0.1) is 5.92 Å². The topological polar surface area (TPSA) is 68.8 Å². The molecular weight excluding hydrogens is 255 g/mol. The van der Waals surface area contributed by atoms with Crippen molar-refractivity contribution in [1.82, 2.24) is 0 Å². The van der Waals surface area contributed by atoms with E-state index in [1.807, 2.05) is 24.3 Å². The molecule has 0 fully saturated rings. The standard InChI is InChI=1S/C13H18O2.Al.Mg.H2O.5H/c1-9(2)8-11-4-6-12(7-5-11)10(3)13(14)15;;;;;;;;/h4-7,9-10H,8H2,1-3H3,(H,14,15);;;1H2;;;;;. The average molecular weight is 281 g/mol. The van der Waals surface area contributed by atoms with E-state index in [1.54, 1.807) is 6.92 Å². The normalized spacial score (nSPS) is 10.7. The van der Waals surface area contributed by atoms with Crippen molar-refractivity contribution in [3.8, 4) is 0 Å². The van der Waals surface area contributed by atoms with Gasteiger partial charge in [-0.05, 0) is 30.4 Å². The number of hydrogen-bond donors (Lipinski definition) is 1. The summed E-state index contributed by atoms with van der Waals surface area (Å²) in [4.78, 5) is 10.8. The van der Waals surface area contributed by atoms with Gasteiger partial charge in [-0.25, -0.2) is 0 Å². The highest BCUT2D eigenvalue weighted by atomic mass is 27.0. The van der Waals surface area contributed by atoms with Gasteiger partial charge in [0.15, 0.2) is 17.4 Å². The molecule has 0 aromatic heterocycles. The third kappa shape index (κ3) is 7.40. The van der Waals surface area contributed by atoms with Crippen molar-refractivity contribution in [3.63, 3.8) is 0 Å². The van der Waals surface area contributed by atoms with E-state index in [4.69, 9.17) is 5.11 Å². The van der Waals surface area contributed by atoms with Crippen LogP contribution in [-0.4, -0.2) is 57.0 Å². The molecule has 1 unspecified atom stereocenters. The molecule has 0 aliphatic rings. The lowest BCUT2D eigenvalue weighted by atomic mass is 9.97. The number of carboxylic acid groups (broad SMARTS) is 1. The molecule has 0 aliphatic carbocycles. The van der Waals surface area contributed by atoms with E-state index in [0.29, 0.717) is 5.92 Å². The van der Waals surface area contributed by atoms with Gasteiger partial charge in [0.2, 0.25) is 0 Å². The molecule has 1 aromatic rings. The van der Waals surface area contributed by atoms with Crippen LogP contribution in [-0.2, 0) is 11.2 Å². The van der Waals surface area contributed by atoms with E-state index in [1.165, 1.54) is 5.56 Å². The second-order valence-electron chi connectivity index (χ2n) is 4.40. The van der Waals surface area contributed by atoms with Crippen LogP contribution in [0, 0.1) is 5.92 Å². The van der Waals surface area contributed by atoms with Gasteiger partial charge in [-0.15, -0.1) is 0 Å². The lowest BCUT2D eigenvalue weighted by Gasteiger charge is -2.09. The summed E-state index contributed by atoms with van der Waals surface area (Å²) in [5.41, 5.74) is 2.14. The largest absolute Gasteiger partial charge is 0.481 e. The van der Waals surface area contributed by atoms with Crippen molar-refractivity contribution in [2.45, 2.75) is 33.1 Å². The summed E-state index contributed by atoms with van der Waals surface area (Å²) in [7, 11) is 0. The van der Waals surface area contributed by atoms with Crippen LogP contribution >= 0.6 is 0 Å². The van der Waals surface area contributed by atoms with Crippen LogP contribution in [0.4, 0.5) is 0 Å². The van der Waals surface area contributed by atoms with Gasteiger partial charge in [-0.2, -0.15) is 0 Å². The number of hydrogen-bond acceptors (Lipinski definition) is 1. The molecule has 0 saturated heterocycles. The van der Waals surface area contributed by atoms with Crippen molar-refractivity contribution >= 4 is 46.4 Å². The van der Waals surface area contributed by atoms with Gasteiger partial charge in [-0.1, -0.05) is 38.1 Å². The molecule has 3 N–H and O–H groups in total. The minimum absolute atomic E-state index is 0. The molecule has 0 spiro atoms. The Morgan fingerprint density at radius 2 is 1.61 bits per heavy atom. The zero-order chi connectivity index (χ0) is 11.4. The highest BCUT2D eigenvalue weighted by Gasteiger charge is 2.12. The molecule has 0 bridgehead atoms. The maximum absolute atomic E-state index is 10.8. The van der Waals surface area contributed by atoms with Gasteiger partial charge < -0.3 is 10.6 Å². The Balaban J connectivity index is -0.000000750. The molecule has 5 heteroatoms. The molecule has 0 radical (unpaired) electrons. The fourth-order valence-electron chi connectivity index (χ4n) is 1.56. The second-order valence-corrected chi connectivity index (χ2v) is 4.40. The lowest BCUT2D eigenvalue weighted by molar-refractivity contribution is -0.138. The molecule has 0 aliphatic heterocycles. The zero-order valence-electron chi connectivity index (χ0n) is 10.0. The van der Waals surface area contributed by atoms with Crippen molar-refractivity contribution in [2.24, 2.45) is 5.92 Å². The summed E-state index contributed by atoms with van der Waals surface area (Å²) in [5.74, 6) is -0.558. The summed E-state index contributed by atoms with van der Waals surface area (Å²) in [6, 6.07) is 7.87. The first-order valence-corrected chi connectivity index (χ1v) is 5.32. The maximum atomic E-state index is 10.8. The van der Waals surface area contributed by atoms with E-state index < -0.39 is 11.9 Å². The van der Waals surface area contributed by atoms with Gasteiger partial charge in [-0.3, -0.25) is 4.79 Å². The predicted molar refractivity (Wildman–Crippen MR) is 83.1 cm³/mol. The molecule has 1 rings (SSSR count). The number of benzene rings is 1. The Labute approximate surface area is 136 Å². The molecule has 18 heavy (non-hydrogen) atoms. The Bertz CT molecular complexity index is 339. The van der Waals surface area contributed by atoms with Crippen molar-refractivity contribution < 1.29 is 15.4 Å². The Kier molecular flexibility index (Phi) is 13.9. The Morgan fingerprint density at radius 3 is 1.94 bits per heavy atom. The molecule has 1 aromatic carbocycles. The summed E-state index contributed by atoms with van der Waals surface area (Å²) in [6.07, 6.45) is 1.04. The molecule has 0 amide bonds. The van der Waals surface area contributed by atoms with E-state index >= 15 is 0 Å². The number of aliphatic carboxylic acids is 1. The number of rotatable bonds is 4. The third-order valence-corrected chi connectivity index (χ3v) is 2.49. The van der Waals surface area contributed by atoms with Crippen LogP contribution in [0.2, 0.25) is 0 Å². The molecule has 0 heterocycles. The first-order chi connectivity index (χ1) is 7.00. The number of carboxylic acids is 1. The highest BCUT2D eigenvalue weighted by Crippen LogP contribution is 2.17. The Morgan fingerprint density at radius 1 is 1.17 bits per heavy atom. The van der Waals surface area contributed by atoms with E-state index in [0.717, 1.165) is 12.0 Å². The highest BCUT2D eigenvalue weighted by molar-refractivity contribution is 5.76. The van der Waals surface area contributed by atoms with Gasteiger partial charge in [0, 0.05) is 0 Å². The van der Waals surface area contributed by atoms with Crippen molar-refractivity contribution in [1.29, 1.82) is 0 Å². The van der Waals surface area contributed by atoms with Crippen LogP contribution in [0.15, 0.2) is 24.3 Å². The maximum Gasteiger partial charge on any atom is 0.316 e. The van der Waals surface area contributed by atoms with Gasteiger partial charge in [0.1, 0.15) is 0 Å². The van der Waals surface area contributed by atoms with E-state index in [-0.39, 0.29) is 45.9 Å². The third-order valence-electron chi connectivity index (χ3n) is 2.49. The first kappa shape index (κ1) is 23.1. The van der Waals surface area contributed by atoms with Crippen molar-refractivity contribution in [2.75, 3.05) is 0 Å². The van der Waals surface area contributed by atoms with E-state index in [9.17, 15) is 4.79 Å². The summed E-state index contributed by atoms with van der Waals surface area (Å²) in [5, 5.41) is 8.85. The summed E-state index contributed by atoms with van der Waals surface area (Å²) < 4.78 is 0. The first-order valence-electron chi connectivity index (χ1n) is 5.32. The summed E-state index contributed by atoms with van der Waals surface area (Å²) >= 11 is 0. The zero-order valence-corrected chi connectivity index (χ0v) is 10.0.